The largest absolute Gasteiger partial charge is 0.435 e. The molecule has 25 heavy (non-hydrogen) atoms. The van der Waals surface area contributed by atoms with Gasteiger partial charge < -0.3 is 4.74 Å². The van der Waals surface area contributed by atoms with Gasteiger partial charge in [0.25, 0.3) is 0 Å². The number of rotatable bonds is 5. The Balaban J connectivity index is 1.74. The molecule has 1 N–H and O–H groups in total. The summed E-state index contributed by atoms with van der Waals surface area (Å²) in [5.41, 5.74) is -0.493. The molecule has 1 aliphatic heterocycles. The van der Waals surface area contributed by atoms with Gasteiger partial charge in [-0.25, -0.2) is 13.1 Å². The summed E-state index contributed by atoms with van der Waals surface area (Å²) in [4.78, 5) is 0. The molecule has 0 spiro atoms. The van der Waals surface area contributed by atoms with E-state index < -0.39 is 21.9 Å². The van der Waals surface area contributed by atoms with Crippen molar-refractivity contribution in [2.45, 2.75) is 30.0 Å². The Hall–Kier alpha value is -0.950. The summed E-state index contributed by atoms with van der Waals surface area (Å²) in [5.74, 6) is 0. The maximum Gasteiger partial charge on any atom is 0.435 e. The van der Waals surface area contributed by atoms with Crippen LogP contribution in [0.2, 0.25) is 0 Å². The lowest BCUT2D eigenvalue weighted by molar-refractivity contribution is -0.142. The fourth-order valence-corrected chi connectivity index (χ4v) is 5.60. The fraction of sp³-hybridized carbons (Fsp3) is 0.462. The number of sulfonamides is 1. The topological polar surface area (TPSA) is 73.2 Å². The van der Waals surface area contributed by atoms with E-state index in [0.717, 1.165) is 11.3 Å². The molecular formula is C13H13BrF3N3O3S2. The van der Waals surface area contributed by atoms with Gasteiger partial charge in [0, 0.05) is 24.2 Å². The minimum Gasteiger partial charge on any atom is -0.376 e. The molecule has 3 rings (SSSR count). The summed E-state index contributed by atoms with van der Waals surface area (Å²) in [7, 11) is -3.70. The maximum atomic E-state index is 13.1. The third-order valence-electron chi connectivity index (χ3n) is 3.59. The van der Waals surface area contributed by atoms with Gasteiger partial charge >= 0.3 is 6.18 Å². The quantitative estimate of drug-likeness (QED) is 0.745. The van der Waals surface area contributed by atoms with E-state index in [1.807, 2.05) is 0 Å². The smallest absolute Gasteiger partial charge is 0.376 e. The molecule has 0 saturated carbocycles. The van der Waals surface area contributed by atoms with Crippen LogP contribution < -0.4 is 4.72 Å². The molecule has 0 atom stereocenters. The molecule has 6 nitrogen and oxygen atoms in total. The van der Waals surface area contributed by atoms with Gasteiger partial charge in [-0.05, 0) is 28.1 Å². The van der Waals surface area contributed by atoms with Crippen LogP contribution in [-0.2, 0) is 40.5 Å². The van der Waals surface area contributed by atoms with Crippen LogP contribution in [0.5, 0.6) is 0 Å². The molecule has 138 valence electrons. The van der Waals surface area contributed by atoms with Gasteiger partial charge in [0.1, 0.15) is 4.21 Å². The normalized spacial score (nSPS) is 15.4. The molecule has 0 aliphatic carbocycles. The molecule has 0 amide bonds. The van der Waals surface area contributed by atoms with Gasteiger partial charge in [-0.2, -0.15) is 18.3 Å². The number of thiophene rings is 1. The van der Waals surface area contributed by atoms with Crippen molar-refractivity contribution in [3.05, 3.63) is 32.9 Å². The summed E-state index contributed by atoms with van der Waals surface area (Å²) in [6.07, 6.45) is -4.26. The molecule has 12 heteroatoms. The van der Waals surface area contributed by atoms with Gasteiger partial charge in [0.05, 0.1) is 23.5 Å². The van der Waals surface area contributed by atoms with Crippen LogP contribution in [0.3, 0.4) is 0 Å². The first kappa shape index (κ1) is 18.8. The van der Waals surface area contributed by atoms with Crippen LogP contribution in [-0.4, -0.2) is 31.3 Å². The summed E-state index contributed by atoms with van der Waals surface area (Å²) in [6.45, 7) is 0.110. The highest BCUT2D eigenvalue weighted by Gasteiger charge is 2.39. The minimum atomic E-state index is -4.57. The number of nitrogens with one attached hydrogen (secondary N) is 1. The second kappa shape index (κ2) is 6.99. The zero-order valence-electron chi connectivity index (χ0n) is 12.6. The van der Waals surface area contributed by atoms with E-state index in [4.69, 9.17) is 4.74 Å². The highest BCUT2D eigenvalue weighted by Crippen LogP contribution is 2.34. The number of halogens is 4. The van der Waals surface area contributed by atoms with Crippen molar-refractivity contribution in [3.63, 3.8) is 0 Å². The summed E-state index contributed by atoms with van der Waals surface area (Å²) in [5, 5.41) is 3.63. The molecule has 0 bridgehead atoms. The lowest BCUT2D eigenvalue weighted by Crippen LogP contribution is -2.28. The van der Waals surface area contributed by atoms with E-state index in [1.54, 1.807) is 6.07 Å². The number of hydrogen-bond acceptors (Lipinski definition) is 5. The van der Waals surface area contributed by atoms with Crippen molar-refractivity contribution < 1.29 is 26.3 Å². The van der Waals surface area contributed by atoms with E-state index in [-0.39, 0.29) is 29.5 Å². The highest BCUT2D eigenvalue weighted by atomic mass is 79.9. The second-order valence-corrected chi connectivity index (χ2v) is 9.71. The van der Waals surface area contributed by atoms with Crippen molar-refractivity contribution in [2.24, 2.45) is 0 Å². The second-order valence-electron chi connectivity index (χ2n) is 5.25. The van der Waals surface area contributed by atoms with Crippen molar-refractivity contribution in [2.75, 3.05) is 13.2 Å². The Bertz CT molecular complexity index is 877. The number of ether oxygens (including phenoxy) is 1. The third-order valence-corrected chi connectivity index (χ3v) is 7.17. The first-order chi connectivity index (χ1) is 11.7. The van der Waals surface area contributed by atoms with Crippen LogP contribution in [0.25, 0.3) is 0 Å². The number of alkyl halides is 3. The zero-order chi connectivity index (χ0) is 18.2. The summed E-state index contributed by atoms with van der Waals surface area (Å²) in [6, 6.07) is 3.06. The van der Waals surface area contributed by atoms with Crippen molar-refractivity contribution in [1.29, 1.82) is 0 Å². The molecule has 0 saturated heterocycles. The molecule has 2 aromatic rings. The van der Waals surface area contributed by atoms with Crippen LogP contribution in [0.4, 0.5) is 13.2 Å². The molecule has 1 aliphatic rings. The standard InChI is InChI=1S/C13H13BrF3N3O3S2/c14-10-1-2-11(24-10)25(21,22)18-4-5-20-9-3-6-23-7-8(9)12(19-20)13(15,16)17/h1-2,18H,3-7H2. The maximum absolute atomic E-state index is 13.1. The average molecular weight is 460 g/mol. The van der Waals surface area contributed by atoms with Gasteiger partial charge in [0.15, 0.2) is 5.69 Å². The SMILES string of the molecule is O=S(=O)(NCCn1nc(C(F)(F)F)c2c1CCOC2)c1ccc(Br)s1. The van der Waals surface area contributed by atoms with E-state index in [9.17, 15) is 21.6 Å². The Morgan fingerprint density at radius 3 is 2.80 bits per heavy atom. The molecule has 0 fully saturated rings. The van der Waals surface area contributed by atoms with E-state index >= 15 is 0 Å². The monoisotopic (exact) mass is 459 g/mol. The Labute approximate surface area is 154 Å². The predicted molar refractivity (Wildman–Crippen MR) is 87.8 cm³/mol. The number of fused-ring (bicyclic) bond motifs is 1. The van der Waals surface area contributed by atoms with Gasteiger partial charge in [-0.3, -0.25) is 4.68 Å². The summed E-state index contributed by atoms with van der Waals surface area (Å²) < 4.78 is 73.0. The van der Waals surface area contributed by atoms with Crippen LogP contribution in [0.1, 0.15) is 17.0 Å². The minimum absolute atomic E-state index is 0.00415. The Morgan fingerprint density at radius 2 is 2.16 bits per heavy atom. The first-order valence-corrected chi connectivity index (χ1v) is 10.3. The van der Waals surface area contributed by atoms with Crippen molar-refractivity contribution in [3.8, 4) is 0 Å². The number of aromatic nitrogens is 2. The Kier molecular flexibility index (Phi) is 5.26. The molecule has 2 aromatic heterocycles. The van der Waals surface area contributed by atoms with Gasteiger partial charge in [-0.1, -0.05) is 0 Å². The number of nitrogens with zero attached hydrogens (tertiary/aromatic N) is 2. The van der Waals surface area contributed by atoms with Crippen LogP contribution in [0.15, 0.2) is 20.1 Å². The van der Waals surface area contributed by atoms with Crippen molar-refractivity contribution >= 4 is 37.3 Å². The molecule has 3 heterocycles. The molecule has 0 unspecified atom stereocenters. The third kappa shape index (κ3) is 4.08. The zero-order valence-corrected chi connectivity index (χ0v) is 15.9. The molecule has 0 aromatic carbocycles. The van der Waals surface area contributed by atoms with E-state index in [0.29, 0.717) is 22.5 Å². The lowest BCUT2D eigenvalue weighted by atomic mass is 10.1. The van der Waals surface area contributed by atoms with Crippen molar-refractivity contribution in [1.82, 2.24) is 14.5 Å². The molecular weight excluding hydrogens is 447 g/mol. The van der Waals surface area contributed by atoms with Gasteiger partial charge in [0.2, 0.25) is 10.0 Å². The van der Waals surface area contributed by atoms with Crippen LogP contribution in [0, 0.1) is 0 Å². The van der Waals surface area contributed by atoms with Gasteiger partial charge in [-0.15, -0.1) is 11.3 Å². The van der Waals surface area contributed by atoms with Crippen LogP contribution >= 0.6 is 27.3 Å². The lowest BCUT2D eigenvalue weighted by Gasteiger charge is -2.15. The average Bonchev–Trinajstić information content (AvgIpc) is 3.12. The number of hydrogen-bond donors (Lipinski definition) is 1. The van der Waals surface area contributed by atoms with E-state index in [1.165, 1.54) is 10.7 Å². The Morgan fingerprint density at radius 1 is 1.40 bits per heavy atom. The predicted octanol–water partition coefficient (Wildman–Crippen LogP) is 2.78. The molecule has 0 radical (unpaired) electrons. The summed E-state index contributed by atoms with van der Waals surface area (Å²) >= 11 is 4.24. The first-order valence-electron chi connectivity index (χ1n) is 7.17. The highest BCUT2D eigenvalue weighted by molar-refractivity contribution is 9.11. The fourth-order valence-electron chi connectivity index (χ4n) is 2.52. The van der Waals surface area contributed by atoms with E-state index in [2.05, 4.69) is 25.8 Å².